The molecule has 0 saturated carbocycles. The van der Waals surface area contributed by atoms with Crippen LogP contribution in [0.2, 0.25) is 0 Å². The molecule has 0 fully saturated rings. The molecule has 0 aliphatic rings. The summed E-state index contributed by atoms with van der Waals surface area (Å²) >= 11 is 1.44. The highest BCUT2D eigenvalue weighted by Gasteiger charge is 2.09. The van der Waals surface area contributed by atoms with Crippen LogP contribution in [0.15, 0.2) is 60.1 Å². The Balaban J connectivity index is 1.77. The van der Waals surface area contributed by atoms with Gasteiger partial charge in [-0.05, 0) is 43.3 Å². The van der Waals surface area contributed by atoms with Gasteiger partial charge in [-0.2, -0.15) is 5.26 Å². The average Bonchev–Trinajstić information content (AvgIpc) is 3.19. The van der Waals surface area contributed by atoms with Crippen LogP contribution >= 0.6 is 11.3 Å². The number of nitrogens with zero attached hydrogens (tertiary/aromatic N) is 2. The van der Waals surface area contributed by atoms with E-state index < -0.39 is 0 Å². The van der Waals surface area contributed by atoms with Crippen molar-refractivity contribution in [2.24, 2.45) is 0 Å². The number of benzene rings is 2. The molecule has 0 aliphatic heterocycles. The quantitative estimate of drug-likeness (QED) is 0.574. The van der Waals surface area contributed by atoms with E-state index in [0.29, 0.717) is 17.2 Å². The molecule has 3 aromatic rings. The Hall–Kier alpha value is -3.30. The molecule has 6 heteroatoms. The first-order valence-corrected chi connectivity index (χ1v) is 9.31. The molecule has 0 radical (unpaired) electrons. The average molecular weight is 377 g/mol. The molecule has 0 spiro atoms. The van der Waals surface area contributed by atoms with Crippen LogP contribution in [0.5, 0.6) is 11.5 Å². The van der Waals surface area contributed by atoms with Gasteiger partial charge in [0, 0.05) is 28.9 Å². The second-order valence-corrected chi connectivity index (χ2v) is 6.40. The zero-order chi connectivity index (χ0) is 19.1. The maximum atomic E-state index is 9.50. The number of thiazole rings is 1. The van der Waals surface area contributed by atoms with Gasteiger partial charge in [0.1, 0.15) is 28.1 Å². The molecule has 1 aromatic heterocycles. The lowest BCUT2D eigenvalue weighted by Crippen LogP contribution is -1.92. The summed E-state index contributed by atoms with van der Waals surface area (Å²) in [6.45, 7) is 2.59. The van der Waals surface area contributed by atoms with Crippen molar-refractivity contribution in [1.29, 1.82) is 5.26 Å². The monoisotopic (exact) mass is 377 g/mol. The van der Waals surface area contributed by atoms with Crippen molar-refractivity contribution in [3.05, 3.63) is 65.1 Å². The Morgan fingerprint density at radius 2 is 2.04 bits per heavy atom. The predicted octanol–water partition coefficient (Wildman–Crippen LogP) is 5.19. The number of hydrogen-bond acceptors (Lipinski definition) is 6. The highest BCUT2D eigenvalue weighted by Crippen LogP contribution is 2.27. The van der Waals surface area contributed by atoms with E-state index in [2.05, 4.69) is 16.4 Å². The molecule has 0 saturated heterocycles. The van der Waals surface area contributed by atoms with E-state index in [-0.39, 0.29) is 0 Å². The van der Waals surface area contributed by atoms with Gasteiger partial charge in [-0.15, -0.1) is 11.3 Å². The van der Waals surface area contributed by atoms with Gasteiger partial charge in [0.15, 0.2) is 0 Å². The molecule has 27 heavy (non-hydrogen) atoms. The van der Waals surface area contributed by atoms with Crippen LogP contribution in [0.25, 0.3) is 16.8 Å². The van der Waals surface area contributed by atoms with Gasteiger partial charge in [0.25, 0.3) is 0 Å². The van der Waals surface area contributed by atoms with Crippen molar-refractivity contribution in [3.8, 4) is 28.8 Å². The molecule has 0 bridgehead atoms. The van der Waals surface area contributed by atoms with Crippen LogP contribution in [-0.4, -0.2) is 18.7 Å². The highest BCUT2D eigenvalue weighted by atomic mass is 32.1. The molecular weight excluding hydrogens is 358 g/mol. The first-order chi connectivity index (χ1) is 13.2. The van der Waals surface area contributed by atoms with Gasteiger partial charge in [-0.3, -0.25) is 0 Å². The molecule has 3 rings (SSSR count). The Kier molecular flexibility index (Phi) is 6.08. The van der Waals surface area contributed by atoms with E-state index in [1.54, 1.807) is 13.3 Å². The van der Waals surface area contributed by atoms with Gasteiger partial charge in [0.05, 0.1) is 19.4 Å². The van der Waals surface area contributed by atoms with Crippen LogP contribution in [0, 0.1) is 11.3 Å². The molecule has 136 valence electrons. The van der Waals surface area contributed by atoms with E-state index >= 15 is 0 Å². The minimum absolute atomic E-state index is 0.472. The van der Waals surface area contributed by atoms with Crippen molar-refractivity contribution in [3.63, 3.8) is 0 Å². The van der Waals surface area contributed by atoms with E-state index in [0.717, 1.165) is 28.4 Å². The van der Waals surface area contributed by atoms with E-state index in [4.69, 9.17) is 9.47 Å². The van der Waals surface area contributed by atoms with E-state index in [1.165, 1.54) is 11.3 Å². The van der Waals surface area contributed by atoms with E-state index in [9.17, 15) is 5.26 Å². The largest absolute Gasteiger partial charge is 0.497 e. The number of nitrogens with one attached hydrogen (secondary N) is 1. The number of aromatic nitrogens is 1. The summed E-state index contributed by atoms with van der Waals surface area (Å²) in [5.41, 5.74) is 3.13. The zero-order valence-corrected chi connectivity index (χ0v) is 15.9. The maximum Gasteiger partial charge on any atom is 0.136 e. The summed E-state index contributed by atoms with van der Waals surface area (Å²) in [6, 6.07) is 17.5. The summed E-state index contributed by atoms with van der Waals surface area (Å²) < 4.78 is 10.7. The molecule has 5 nitrogen and oxygen atoms in total. The lowest BCUT2D eigenvalue weighted by Gasteiger charge is -2.04. The molecular formula is C21H19N3O2S. The molecule has 0 amide bonds. The van der Waals surface area contributed by atoms with E-state index in [1.807, 2.05) is 60.8 Å². The Morgan fingerprint density at radius 3 is 2.74 bits per heavy atom. The van der Waals surface area contributed by atoms with Crippen molar-refractivity contribution in [2.45, 2.75) is 6.92 Å². The van der Waals surface area contributed by atoms with Crippen LogP contribution in [-0.2, 0) is 0 Å². The summed E-state index contributed by atoms with van der Waals surface area (Å²) in [5.74, 6) is 1.58. The van der Waals surface area contributed by atoms with Gasteiger partial charge < -0.3 is 14.8 Å². The smallest absolute Gasteiger partial charge is 0.136 e. The third-order valence-corrected chi connectivity index (χ3v) is 4.64. The number of methoxy groups -OCH3 is 1. The fourth-order valence-corrected chi connectivity index (χ4v) is 3.22. The number of hydrogen-bond donors (Lipinski definition) is 1. The lowest BCUT2D eigenvalue weighted by molar-refractivity contribution is 0.340. The second-order valence-electron chi connectivity index (χ2n) is 5.54. The van der Waals surface area contributed by atoms with Gasteiger partial charge in [0.2, 0.25) is 0 Å². The molecule has 0 atom stereocenters. The highest BCUT2D eigenvalue weighted by molar-refractivity contribution is 7.11. The van der Waals surface area contributed by atoms with Crippen molar-refractivity contribution >= 4 is 22.6 Å². The maximum absolute atomic E-state index is 9.50. The van der Waals surface area contributed by atoms with Gasteiger partial charge in [-0.25, -0.2) is 4.98 Å². The third-order valence-electron chi connectivity index (χ3n) is 3.77. The lowest BCUT2D eigenvalue weighted by atomic mass is 10.2. The van der Waals surface area contributed by atoms with Crippen LogP contribution in [0.4, 0.5) is 5.69 Å². The Morgan fingerprint density at radius 1 is 1.22 bits per heavy atom. The fraction of sp³-hybridized carbons (Fsp3) is 0.143. The first-order valence-electron chi connectivity index (χ1n) is 8.43. The first kappa shape index (κ1) is 18.5. The topological polar surface area (TPSA) is 67.2 Å². The van der Waals surface area contributed by atoms with Crippen molar-refractivity contribution in [1.82, 2.24) is 4.98 Å². The van der Waals surface area contributed by atoms with Crippen molar-refractivity contribution < 1.29 is 9.47 Å². The SMILES string of the molecule is CCOc1ccc(-c2csc(C(C#N)=CNc3cccc(OC)c3)n2)cc1. The third kappa shape index (κ3) is 4.66. The minimum atomic E-state index is 0.472. The molecule has 1 N–H and O–H groups in total. The summed E-state index contributed by atoms with van der Waals surface area (Å²) in [4.78, 5) is 4.60. The Labute approximate surface area is 162 Å². The number of anilines is 1. The second kappa shape index (κ2) is 8.88. The van der Waals surface area contributed by atoms with Gasteiger partial charge in [-0.1, -0.05) is 6.07 Å². The van der Waals surface area contributed by atoms with Gasteiger partial charge >= 0.3 is 0 Å². The summed E-state index contributed by atoms with van der Waals surface area (Å²) in [6.07, 6.45) is 1.66. The summed E-state index contributed by atoms with van der Waals surface area (Å²) in [7, 11) is 1.62. The number of allylic oxidation sites excluding steroid dienone is 1. The number of nitriles is 1. The number of ether oxygens (including phenoxy) is 2. The predicted molar refractivity (Wildman–Crippen MR) is 109 cm³/mol. The minimum Gasteiger partial charge on any atom is -0.497 e. The zero-order valence-electron chi connectivity index (χ0n) is 15.1. The molecule has 1 heterocycles. The standard InChI is InChI=1S/C21H19N3O2S/c1-3-26-18-9-7-15(8-10-18)20-14-27-21(24-20)16(12-22)13-23-17-5-4-6-19(11-17)25-2/h4-11,13-14,23H,3H2,1-2H3. The van der Waals surface area contributed by atoms with Crippen LogP contribution in [0.1, 0.15) is 11.9 Å². The molecule has 0 aliphatic carbocycles. The van der Waals surface area contributed by atoms with Crippen LogP contribution in [0.3, 0.4) is 0 Å². The van der Waals surface area contributed by atoms with Crippen molar-refractivity contribution in [2.75, 3.05) is 19.0 Å². The van der Waals surface area contributed by atoms with Crippen LogP contribution < -0.4 is 14.8 Å². The Bertz CT molecular complexity index is 972. The normalized spacial score (nSPS) is 10.9. The summed E-state index contributed by atoms with van der Waals surface area (Å²) in [5, 5.41) is 15.2. The fourth-order valence-electron chi connectivity index (χ4n) is 2.43. The molecule has 0 unspecified atom stereocenters. The number of rotatable bonds is 7. The molecule has 2 aromatic carbocycles.